The SMILES string of the molecule is CCCCCCCC/C=C1\C[C@@H]([C@H](CO)OC(=O)CC(C(C)C)C(C)C)OC1=O. The number of allylic oxidation sites excluding steroid dienone is 1. The Hall–Kier alpha value is -1.36. The normalized spacial score (nSPS) is 19.4. The number of unbranched alkanes of at least 4 members (excludes halogenated alkanes) is 6. The maximum Gasteiger partial charge on any atom is 0.334 e. The third kappa shape index (κ3) is 9.33. The first-order valence-electron chi connectivity index (χ1n) is 11.5. The van der Waals surface area contributed by atoms with Crippen molar-refractivity contribution >= 4 is 11.9 Å². The lowest BCUT2D eigenvalue weighted by molar-refractivity contribution is -0.165. The van der Waals surface area contributed by atoms with Crippen LogP contribution >= 0.6 is 0 Å². The average molecular weight is 411 g/mol. The van der Waals surface area contributed by atoms with E-state index in [2.05, 4.69) is 34.6 Å². The zero-order valence-electron chi connectivity index (χ0n) is 19.1. The van der Waals surface area contributed by atoms with Gasteiger partial charge in [0, 0.05) is 18.4 Å². The van der Waals surface area contributed by atoms with Crippen molar-refractivity contribution < 1.29 is 24.2 Å². The molecular formula is C24H42O5. The van der Waals surface area contributed by atoms with E-state index in [0.29, 0.717) is 30.3 Å². The summed E-state index contributed by atoms with van der Waals surface area (Å²) in [5, 5.41) is 9.69. The van der Waals surface area contributed by atoms with Crippen molar-refractivity contribution in [3.63, 3.8) is 0 Å². The molecule has 0 amide bonds. The molecule has 0 aromatic rings. The van der Waals surface area contributed by atoms with Gasteiger partial charge in [0.2, 0.25) is 0 Å². The summed E-state index contributed by atoms with van der Waals surface area (Å²) >= 11 is 0. The Labute approximate surface area is 177 Å². The highest BCUT2D eigenvalue weighted by molar-refractivity contribution is 5.90. The predicted molar refractivity (Wildman–Crippen MR) is 115 cm³/mol. The van der Waals surface area contributed by atoms with E-state index in [1.807, 2.05) is 6.08 Å². The Kier molecular flexibility index (Phi) is 12.2. The van der Waals surface area contributed by atoms with Crippen LogP contribution in [0.4, 0.5) is 0 Å². The van der Waals surface area contributed by atoms with E-state index in [-0.39, 0.29) is 24.5 Å². The van der Waals surface area contributed by atoms with E-state index in [4.69, 9.17) is 9.47 Å². The summed E-state index contributed by atoms with van der Waals surface area (Å²) in [5.74, 6) is 0.280. The molecule has 168 valence electrons. The van der Waals surface area contributed by atoms with Gasteiger partial charge in [-0.15, -0.1) is 0 Å². The monoisotopic (exact) mass is 410 g/mol. The molecule has 5 nitrogen and oxygen atoms in total. The van der Waals surface area contributed by atoms with Gasteiger partial charge in [0.25, 0.3) is 0 Å². The van der Waals surface area contributed by atoms with Crippen LogP contribution in [0.5, 0.6) is 0 Å². The van der Waals surface area contributed by atoms with E-state index < -0.39 is 12.2 Å². The minimum absolute atomic E-state index is 0.223. The van der Waals surface area contributed by atoms with E-state index in [1.54, 1.807) is 0 Å². The van der Waals surface area contributed by atoms with Gasteiger partial charge in [0.1, 0.15) is 6.10 Å². The van der Waals surface area contributed by atoms with Crippen LogP contribution in [-0.4, -0.2) is 35.9 Å². The van der Waals surface area contributed by atoms with Crippen molar-refractivity contribution in [3.8, 4) is 0 Å². The lowest BCUT2D eigenvalue weighted by atomic mass is 9.83. The second-order valence-corrected chi connectivity index (χ2v) is 9.00. The summed E-state index contributed by atoms with van der Waals surface area (Å²) in [7, 11) is 0. The summed E-state index contributed by atoms with van der Waals surface area (Å²) in [6.45, 7) is 10.3. The lowest BCUT2D eigenvalue weighted by Gasteiger charge is -2.26. The Morgan fingerprint density at radius 2 is 1.76 bits per heavy atom. The molecule has 1 N–H and O–H groups in total. The first-order valence-corrected chi connectivity index (χ1v) is 11.5. The third-order valence-corrected chi connectivity index (χ3v) is 5.88. The number of esters is 2. The summed E-state index contributed by atoms with van der Waals surface area (Å²) in [6, 6.07) is 0. The van der Waals surface area contributed by atoms with Crippen molar-refractivity contribution in [1.82, 2.24) is 0 Å². The van der Waals surface area contributed by atoms with Crippen LogP contribution in [0.3, 0.4) is 0 Å². The summed E-state index contributed by atoms with van der Waals surface area (Å²) in [5.41, 5.74) is 0.639. The molecule has 1 aliphatic rings. The molecule has 2 atom stereocenters. The number of carbonyl (C=O) groups is 2. The topological polar surface area (TPSA) is 72.8 Å². The molecule has 0 spiro atoms. The minimum Gasteiger partial charge on any atom is -0.456 e. The molecule has 1 rings (SSSR count). The van der Waals surface area contributed by atoms with Gasteiger partial charge in [-0.05, 0) is 30.6 Å². The zero-order chi connectivity index (χ0) is 21.8. The van der Waals surface area contributed by atoms with Gasteiger partial charge >= 0.3 is 11.9 Å². The fraction of sp³-hybridized carbons (Fsp3) is 0.833. The maximum atomic E-state index is 12.4. The number of hydrogen-bond donors (Lipinski definition) is 1. The standard InChI is InChI=1S/C24H42O5/c1-6-7-8-9-10-11-12-13-19-14-21(29-24(19)27)22(16-25)28-23(26)15-20(17(2)3)18(4)5/h13,17-18,20-22,25H,6-12,14-16H2,1-5H3/b19-13+/t21-,22-/m0/s1. The number of hydrogen-bond acceptors (Lipinski definition) is 5. The van der Waals surface area contributed by atoms with Crippen molar-refractivity contribution in [1.29, 1.82) is 0 Å². The molecular weight excluding hydrogens is 368 g/mol. The third-order valence-electron chi connectivity index (χ3n) is 5.88. The van der Waals surface area contributed by atoms with Crippen molar-refractivity contribution in [2.24, 2.45) is 17.8 Å². The van der Waals surface area contributed by atoms with Gasteiger partial charge < -0.3 is 14.6 Å². The molecule has 29 heavy (non-hydrogen) atoms. The van der Waals surface area contributed by atoms with Crippen LogP contribution in [0.25, 0.3) is 0 Å². The van der Waals surface area contributed by atoms with Gasteiger partial charge in [0.05, 0.1) is 6.61 Å². The van der Waals surface area contributed by atoms with E-state index in [1.165, 1.54) is 32.1 Å². The fourth-order valence-corrected chi connectivity index (χ4v) is 4.01. The largest absolute Gasteiger partial charge is 0.456 e. The smallest absolute Gasteiger partial charge is 0.334 e. The molecule has 1 aliphatic heterocycles. The second kappa shape index (κ2) is 13.8. The van der Waals surface area contributed by atoms with Gasteiger partial charge in [0.15, 0.2) is 6.10 Å². The van der Waals surface area contributed by atoms with Gasteiger partial charge in [-0.25, -0.2) is 4.79 Å². The molecule has 0 aromatic carbocycles. The zero-order valence-corrected chi connectivity index (χ0v) is 19.1. The minimum atomic E-state index is -0.800. The molecule has 0 bridgehead atoms. The van der Waals surface area contributed by atoms with Crippen LogP contribution in [0.1, 0.15) is 92.4 Å². The number of carbonyl (C=O) groups excluding carboxylic acids is 2. The van der Waals surface area contributed by atoms with Crippen LogP contribution in [0, 0.1) is 17.8 Å². The Bertz CT molecular complexity index is 515. The Morgan fingerprint density at radius 3 is 2.34 bits per heavy atom. The number of cyclic esters (lactones) is 1. The Balaban J connectivity index is 2.49. The van der Waals surface area contributed by atoms with E-state index in [0.717, 1.165) is 12.8 Å². The summed E-state index contributed by atoms with van der Waals surface area (Å²) in [6.07, 6.45) is 9.39. The van der Waals surface area contributed by atoms with Crippen molar-refractivity contribution in [3.05, 3.63) is 11.6 Å². The molecule has 1 fully saturated rings. The van der Waals surface area contributed by atoms with Gasteiger partial charge in [-0.2, -0.15) is 0 Å². The van der Waals surface area contributed by atoms with Gasteiger partial charge in [-0.1, -0.05) is 72.8 Å². The second-order valence-electron chi connectivity index (χ2n) is 9.00. The van der Waals surface area contributed by atoms with Crippen LogP contribution in [0.2, 0.25) is 0 Å². The highest BCUT2D eigenvalue weighted by Gasteiger charge is 2.37. The van der Waals surface area contributed by atoms with Crippen LogP contribution < -0.4 is 0 Å². The molecule has 0 unspecified atom stereocenters. The highest BCUT2D eigenvalue weighted by Crippen LogP contribution is 2.28. The van der Waals surface area contributed by atoms with Crippen LogP contribution in [-0.2, 0) is 19.1 Å². The Morgan fingerprint density at radius 1 is 1.14 bits per heavy atom. The van der Waals surface area contributed by atoms with E-state index >= 15 is 0 Å². The molecule has 1 heterocycles. The van der Waals surface area contributed by atoms with Gasteiger partial charge in [-0.3, -0.25) is 4.79 Å². The maximum absolute atomic E-state index is 12.4. The summed E-state index contributed by atoms with van der Waals surface area (Å²) < 4.78 is 10.9. The average Bonchev–Trinajstić information content (AvgIpc) is 3.03. The highest BCUT2D eigenvalue weighted by atomic mass is 16.6. The molecule has 0 radical (unpaired) electrons. The first kappa shape index (κ1) is 25.7. The molecule has 0 aromatic heterocycles. The van der Waals surface area contributed by atoms with Crippen molar-refractivity contribution in [2.75, 3.05) is 6.61 Å². The molecule has 5 heteroatoms. The molecule has 0 aliphatic carbocycles. The van der Waals surface area contributed by atoms with E-state index in [9.17, 15) is 14.7 Å². The van der Waals surface area contributed by atoms with Crippen molar-refractivity contribution in [2.45, 2.75) is 105 Å². The van der Waals surface area contributed by atoms with Crippen LogP contribution in [0.15, 0.2) is 11.6 Å². The number of rotatable bonds is 14. The first-order chi connectivity index (χ1) is 13.8. The molecule has 1 saturated heterocycles. The quantitative estimate of drug-likeness (QED) is 0.242. The number of ether oxygens (including phenoxy) is 2. The summed E-state index contributed by atoms with van der Waals surface area (Å²) in [4.78, 5) is 24.5. The number of aliphatic hydroxyl groups is 1. The molecule has 0 saturated carbocycles. The lowest BCUT2D eigenvalue weighted by Crippen LogP contribution is -2.35. The fourth-order valence-electron chi connectivity index (χ4n) is 4.01. The predicted octanol–water partition coefficient (Wildman–Crippen LogP) is 5.20. The number of aliphatic hydroxyl groups excluding tert-OH is 1.